The second-order valence-corrected chi connectivity index (χ2v) is 12.2. The lowest BCUT2D eigenvalue weighted by atomic mass is 10.00. The van der Waals surface area contributed by atoms with Crippen molar-refractivity contribution in [3.63, 3.8) is 0 Å². The lowest BCUT2D eigenvalue weighted by Gasteiger charge is -2.30. The van der Waals surface area contributed by atoms with Gasteiger partial charge in [0.15, 0.2) is 6.29 Å². The Bertz CT molecular complexity index is 2210. The quantitative estimate of drug-likeness (QED) is 0.145. The number of nitrogens with one attached hydrogen (secondary N) is 3. The summed E-state index contributed by atoms with van der Waals surface area (Å²) in [6.07, 6.45) is -2.68. The molecule has 0 radical (unpaired) electrons. The zero-order valence-corrected chi connectivity index (χ0v) is 27.6. The maximum Gasteiger partial charge on any atom is 0.416 e. The van der Waals surface area contributed by atoms with Crippen LogP contribution in [0.2, 0.25) is 0 Å². The lowest BCUT2D eigenvalue weighted by Crippen LogP contribution is -2.53. The molecule has 6 rings (SSSR count). The molecule has 3 aromatic carbocycles. The van der Waals surface area contributed by atoms with Crippen molar-refractivity contribution in [2.75, 3.05) is 7.05 Å². The number of para-hydroxylation sites is 1. The molecular formula is C37H31F3N6O6. The lowest BCUT2D eigenvalue weighted by molar-refractivity contribution is -0.138. The van der Waals surface area contributed by atoms with Gasteiger partial charge in [-0.3, -0.25) is 34.1 Å². The number of amides is 5. The fourth-order valence-electron chi connectivity index (χ4n) is 6.24. The number of carbonyl (C=O) groups is 6. The highest BCUT2D eigenvalue weighted by Gasteiger charge is 2.35. The molecule has 1 aliphatic heterocycles. The number of fused-ring (bicyclic) bond motifs is 3. The molecule has 52 heavy (non-hydrogen) atoms. The van der Waals surface area contributed by atoms with Crippen LogP contribution in [0.25, 0.3) is 21.9 Å². The summed E-state index contributed by atoms with van der Waals surface area (Å²) in [5, 5.41) is 9.04. The summed E-state index contributed by atoms with van der Waals surface area (Å²) in [7, 11) is 1.35. The summed E-state index contributed by atoms with van der Waals surface area (Å²) in [6.45, 7) is -0.803. The van der Waals surface area contributed by atoms with Crippen LogP contribution in [0.1, 0.15) is 60.6 Å². The molecule has 1 unspecified atom stereocenters. The van der Waals surface area contributed by atoms with Gasteiger partial charge in [0.25, 0.3) is 11.8 Å². The molecule has 5 amide bonds. The fraction of sp³-hybridized carbons (Fsp3) is 0.216. The molecule has 0 saturated carbocycles. The molecule has 266 valence electrons. The first-order valence-electron chi connectivity index (χ1n) is 16.1. The standard InChI is InChI=1S/C37H31F3N6O6/c1-45(30-12-13-31(48)44-35(30)51)36(52)25-11-10-22(16-24(25)20-47)34(50)43-18-23-9-8-21(15-28(23)37(38,39)40)17-42-32(49)19-46-29-7-3-2-5-26(29)27-6-4-14-41-33(27)46/h2-11,14-16,20,30H,12-13,17-19H2,1H3,(H,42,49)(H,43,50)(H,44,48,51). The minimum absolute atomic E-state index is 0.0334. The second kappa shape index (κ2) is 14.5. The number of aromatic nitrogens is 2. The van der Waals surface area contributed by atoms with Crippen LogP contribution in [0.15, 0.2) is 79.0 Å². The molecule has 0 spiro atoms. The average molecular weight is 713 g/mol. The van der Waals surface area contributed by atoms with E-state index in [9.17, 15) is 41.9 Å². The van der Waals surface area contributed by atoms with E-state index in [0.717, 1.165) is 33.3 Å². The van der Waals surface area contributed by atoms with Crippen molar-refractivity contribution in [3.05, 3.63) is 112 Å². The first-order chi connectivity index (χ1) is 24.8. The highest BCUT2D eigenvalue weighted by molar-refractivity contribution is 6.08. The van der Waals surface area contributed by atoms with Crippen LogP contribution < -0.4 is 16.0 Å². The number of benzene rings is 3. The molecule has 12 nitrogen and oxygen atoms in total. The summed E-state index contributed by atoms with van der Waals surface area (Å²) in [5.74, 6) is -3.04. The average Bonchev–Trinajstić information content (AvgIpc) is 3.45. The van der Waals surface area contributed by atoms with Crippen LogP contribution in [0.3, 0.4) is 0 Å². The largest absolute Gasteiger partial charge is 0.416 e. The number of nitrogens with zero attached hydrogens (tertiary/aromatic N) is 3. The third-order valence-corrected chi connectivity index (χ3v) is 8.91. The van der Waals surface area contributed by atoms with Gasteiger partial charge in [0.05, 0.1) is 16.6 Å². The van der Waals surface area contributed by atoms with E-state index in [4.69, 9.17) is 0 Å². The fourth-order valence-corrected chi connectivity index (χ4v) is 6.24. The van der Waals surface area contributed by atoms with Gasteiger partial charge in [0.1, 0.15) is 18.2 Å². The smallest absolute Gasteiger partial charge is 0.350 e. The number of halogens is 3. The van der Waals surface area contributed by atoms with Crippen LogP contribution in [0, 0.1) is 0 Å². The van der Waals surface area contributed by atoms with Gasteiger partial charge in [-0.1, -0.05) is 30.3 Å². The first-order valence-corrected chi connectivity index (χ1v) is 16.1. The minimum Gasteiger partial charge on any atom is -0.350 e. The van der Waals surface area contributed by atoms with Gasteiger partial charge in [-0.25, -0.2) is 4.98 Å². The maximum atomic E-state index is 14.2. The van der Waals surface area contributed by atoms with Crippen molar-refractivity contribution >= 4 is 57.8 Å². The third kappa shape index (κ3) is 7.24. The summed E-state index contributed by atoms with van der Waals surface area (Å²) >= 11 is 0. The van der Waals surface area contributed by atoms with Crippen LogP contribution in [-0.2, 0) is 40.2 Å². The number of alkyl halides is 3. The number of likely N-dealkylation sites (N-methyl/N-ethyl adjacent to an activating group) is 1. The molecule has 1 atom stereocenters. The van der Waals surface area contributed by atoms with Crippen molar-refractivity contribution in [2.45, 2.75) is 44.7 Å². The van der Waals surface area contributed by atoms with Gasteiger partial charge >= 0.3 is 6.18 Å². The van der Waals surface area contributed by atoms with Gasteiger partial charge in [-0.15, -0.1) is 0 Å². The monoisotopic (exact) mass is 712 g/mol. The van der Waals surface area contributed by atoms with Gasteiger partial charge in [-0.2, -0.15) is 13.2 Å². The Kier molecular flexibility index (Phi) is 9.86. The van der Waals surface area contributed by atoms with Crippen LogP contribution in [-0.4, -0.2) is 63.4 Å². The molecule has 3 heterocycles. The Balaban J connectivity index is 1.11. The van der Waals surface area contributed by atoms with Crippen LogP contribution >= 0.6 is 0 Å². The van der Waals surface area contributed by atoms with Crippen molar-refractivity contribution in [3.8, 4) is 0 Å². The van der Waals surface area contributed by atoms with Crippen LogP contribution in [0.4, 0.5) is 13.2 Å². The highest BCUT2D eigenvalue weighted by atomic mass is 19.4. The number of piperidine rings is 1. The minimum atomic E-state index is -4.78. The predicted octanol–water partition coefficient (Wildman–Crippen LogP) is 4.14. The van der Waals surface area contributed by atoms with Gasteiger partial charge in [0.2, 0.25) is 17.7 Å². The molecule has 2 aromatic heterocycles. The number of aldehydes is 1. The maximum absolute atomic E-state index is 14.2. The van der Waals surface area contributed by atoms with Crippen LogP contribution in [0.5, 0.6) is 0 Å². The molecular weight excluding hydrogens is 681 g/mol. The number of rotatable bonds is 10. The Labute approximate surface area is 294 Å². The van der Waals surface area contributed by atoms with Crippen molar-refractivity contribution in [2.24, 2.45) is 0 Å². The number of hydrogen-bond acceptors (Lipinski definition) is 7. The molecule has 0 bridgehead atoms. The number of hydrogen-bond donors (Lipinski definition) is 3. The summed E-state index contributed by atoms with van der Waals surface area (Å²) < 4.78 is 44.2. The molecule has 1 fully saturated rings. The zero-order chi connectivity index (χ0) is 37.2. The molecule has 1 saturated heterocycles. The zero-order valence-electron chi connectivity index (χ0n) is 27.6. The van der Waals surface area contributed by atoms with Crippen molar-refractivity contribution in [1.82, 2.24) is 30.4 Å². The molecule has 3 N–H and O–H groups in total. The molecule has 15 heteroatoms. The first kappa shape index (κ1) is 35.4. The summed E-state index contributed by atoms with van der Waals surface area (Å²) in [4.78, 5) is 80.1. The number of imide groups is 1. The predicted molar refractivity (Wildman–Crippen MR) is 182 cm³/mol. The van der Waals surface area contributed by atoms with Gasteiger partial charge in [0, 0.05) is 54.7 Å². The van der Waals surface area contributed by atoms with E-state index in [1.54, 1.807) is 16.8 Å². The Morgan fingerprint density at radius 2 is 1.75 bits per heavy atom. The van der Waals surface area contributed by atoms with E-state index in [-0.39, 0.29) is 53.7 Å². The normalized spacial score (nSPS) is 14.6. The molecule has 1 aliphatic rings. The SMILES string of the molecule is CN(C(=O)c1ccc(C(=O)NCc2ccc(CNC(=O)Cn3c4ccccc4c4cccnc43)cc2C(F)(F)F)cc1C=O)C1CCC(=O)NC1=O. The van der Waals surface area contributed by atoms with Crippen molar-refractivity contribution < 1.29 is 41.9 Å². The third-order valence-electron chi connectivity index (χ3n) is 8.91. The van der Waals surface area contributed by atoms with Gasteiger partial charge in [-0.05, 0) is 60.0 Å². The van der Waals surface area contributed by atoms with E-state index in [1.165, 1.54) is 31.3 Å². The van der Waals surface area contributed by atoms with E-state index < -0.39 is 53.9 Å². The Morgan fingerprint density at radius 1 is 0.981 bits per heavy atom. The Hall–Kier alpha value is -6.38. The van der Waals surface area contributed by atoms with E-state index in [0.29, 0.717) is 11.9 Å². The molecule has 5 aromatic rings. The highest BCUT2D eigenvalue weighted by Crippen LogP contribution is 2.33. The topological polar surface area (TPSA) is 160 Å². The number of carbonyl (C=O) groups excluding carboxylic acids is 6. The summed E-state index contributed by atoms with van der Waals surface area (Å²) in [6, 6.07) is 17.4. The van der Waals surface area contributed by atoms with E-state index >= 15 is 0 Å². The molecule has 0 aliphatic carbocycles. The summed E-state index contributed by atoms with van der Waals surface area (Å²) in [5.41, 5.74) is -0.0168. The van der Waals surface area contributed by atoms with Gasteiger partial charge < -0.3 is 20.1 Å². The number of pyridine rings is 1. The van der Waals surface area contributed by atoms with E-state index in [1.807, 2.05) is 30.3 Å². The second-order valence-electron chi connectivity index (χ2n) is 12.2. The Morgan fingerprint density at radius 3 is 2.50 bits per heavy atom. The van der Waals surface area contributed by atoms with E-state index in [2.05, 4.69) is 20.9 Å². The van der Waals surface area contributed by atoms with Crippen molar-refractivity contribution in [1.29, 1.82) is 0 Å².